The lowest BCUT2D eigenvalue weighted by Crippen LogP contribution is -2.31. The highest BCUT2D eigenvalue weighted by molar-refractivity contribution is 6.07. The van der Waals surface area contributed by atoms with E-state index in [9.17, 15) is 9.90 Å². The summed E-state index contributed by atoms with van der Waals surface area (Å²) in [6, 6.07) is 1.80. The molecule has 0 spiro atoms. The average Bonchev–Trinajstić information content (AvgIpc) is 2.85. The van der Waals surface area contributed by atoms with Crippen LogP contribution in [0, 0.1) is 5.41 Å². The number of rotatable bonds is 3. The SMILES string of the molecule is CC1=C(C(=O)/C=C/c2ccoc2)C(C)(C)CCC1O. The maximum absolute atomic E-state index is 12.4. The van der Waals surface area contributed by atoms with Gasteiger partial charge in [0.2, 0.25) is 0 Å². The van der Waals surface area contributed by atoms with Gasteiger partial charge in [0, 0.05) is 11.1 Å². The van der Waals surface area contributed by atoms with Crippen molar-refractivity contribution in [3.8, 4) is 0 Å². The molecule has 1 atom stereocenters. The molecule has 102 valence electrons. The standard InChI is InChI=1S/C16H20O3/c1-11-13(17)6-8-16(2,3)15(11)14(18)5-4-12-7-9-19-10-12/h4-5,7,9-10,13,17H,6,8H2,1-3H3/b5-4+. The third kappa shape index (κ3) is 2.87. The van der Waals surface area contributed by atoms with Gasteiger partial charge in [-0.15, -0.1) is 0 Å². The van der Waals surface area contributed by atoms with E-state index in [0.717, 1.165) is 29.6 Å². The van der Waals surface area contributed by atoms with Gasteiger partial charge in [0.25, 0.3) is 0 Å². The van der Waals surface area contributed by atoms with Crippen molar-refractivity contribution in [2.45, 2.75) is 39.7 Å². The summed E-state index contributed by atoms with van der Waals surface area (Å²) in [5.74, 6) is -0.0255. The average molecular weight is 260 g/mol. The van der Waals surface area contributed by atoms with Crippen LogP contribution in [0.15, 0.2) is 40.2 Å². The van der Waals surface area contributed by atoms with E-state index in [1.165, 1.54) is 0 Å². The van der Waals surface area contributed by atoms with Gasteiger partial charge in [-0.05, 0) is 49.0 Å². The van der Waals surface area contributed by atoms with E-state index in [4.69, 9.17) is 4.42 Å². The molecular weight excluding hydrogens is 240 g/mol. The Bertz CT molecular complexity index is 518. The smallest absolute Gasteiger partial charge is 0.182 e. The zero-order valence-electron chi connectivity index (χ0n) is 11.6. The van der Waals surface area contributed by atoms with E-state index in [2.05, 4.69) is 13.8 Å². The minimum atomic E-state index is -0.491. The normalized spacial score (nSPS) is 23.1. The molecule has 0 radical (unpaired) electrons. The molecule has 1 aromatic heterocycles. The quantitative estimate of drug-likeness (QED) is 0.848. The lowest BCUT2D eigenvalue weighted by molar-refractivity contribution is -0.112. The summed E-state index contributed by atoms with van der Waals surface area (Å²) < 4.78 is 4.96. The second-order valence-corrected chi connectivity index (χ2v) is 5.75. The minimum Gasteiger partial charge on any atom is -0.472 e. The summed E-state index contributed by atoms with van der Waals surface area (Å²) in [6.07, 6.45) is 7.52. The highest BCUT2D eigenvalue weighted by atomic mass is 16.3. The molecule has 0 fully saturated rings. The van der Waals surface area contributed by atoms with Crippen molar-refractivity contribution in [3.05, 3.63) is 41.4 Å². The molecule has 0 amide bonds. The summed E-state index contributed by atoms with van der Waals surface area (Å²) >= 11 is 0. The summed E-state index contributed by atoms with van der Waals surface area (Å²) in [5.41, 5.74) is 2.23. The molecule has 0 bridgehead atoms. The molecular formula is C16H20O3. The van der Waals surface area contributed by atoms with Crippen LogP contribution in [0.3, 0.4) is 0 Å². The highest BCUT2D eigenvalue weighted by Crippen LogP contribution is 2.40. The zero-order valence-corrected chi connectivity index (χ0v) is 11.6. The van der Waals surface area contributed by atoms with Gasteiger partial charge < -0.3 is 9.52 Å². The first-order chi connectivity index (χ1) is 8.92. The third-order valence-electron chi connectivity index (χ3n) is 3.83. The van der Waals surface area contributed by atoms with E-state index in [1.807, 2.05) is 6.92 Å². The van der Waals surface area contributed by atoms with Gasteiger partial charge >= 0.3 is 0 Å². The number of ketones is 1. The van der Waals surface area contributed by atoms with Crippen molar-refractivity contribution in [1.29, 1.82) is 0 Å². The Balaban J connectivity index is 2.28. The van der Waals surface area contributed by atoms with E-state index < -0.39 is 6.10 Å². The molecule has 2 rings (SSSR count). The molecule has 0 aromatic carbocycles. The van der Waals surface area contributed by atoms with Crippen molar-refractivity contribution in [2.75, 3.05) is 0 Å². The summed E-state index contributed by atoms with van der Waals surface area (Å²) in [7, 11) is 0. The third-order valence-corrected chi connectivity index (χ3v) is 3.83. The predicted octanol–water partition coefficient (Wildman–Crippen LogP) is 3.36. The summed E-state index contributed by atoms with van der Waals surface area (Å²) in [4.78, 5) is 12.4. The summed E-state index contributed by atoms with van der Waals surface area (Å²) in [5, 5.41) is 9.93. The largest absolute Gasteiger partial charge is 0.472 e. The minimum absolute atomic E-state index is 0.0255. The molecule has 0 saturated carbocycles. The molecule has 1 N–H and O–H groups in total. The van der Waals surface area contributed by atoms with Crippen LogP contribution in [0.1, 0.15) is 39.2 Å². The molecule has 1 aliphatic rings. The molecule has 1 unspecified atom stereocenters. The molecule has 1 aromatic rings. The number of allylic oxidation sites excluding steroid dienone is 2. The van der Waals surface area contributed by atoms with Crippen molar-refractivity contribution in [1.82, 2.24) is 0 Å². The lowest BCUT2D eigenvalue weighted by atomic mass is 9.70. The molecule has 1 heterocycles. The van der Waals surface area contributed by atoms with Crippen LogP contribution >= 0.6 is 0 Å². The van der Waals surface area contributed by atoms with Crippen LogP contribution < -0.4 is 0 Å². The zero-order chi connectivity index (χ0) is 14.0. The summed E-state index contributed by atoms with van der Waals surface area (Å²) in [6.45, 7) is 5.97. The second-order valence-electron chi connectivity index (χ2n) is 5.75. The maximum atomic E-state index is 12.4. The number of aliphatic hydroxyl groups is 1. The number of aliphatic hydroxyl groups excluding tert-OH is 1. The first-order valence-corrected chi connectivity index (χ1v) is 6.56. The van der Waals surface area contributed by atoms with Gasteiger partial charge in [0.1, 0.15) is 0 Å². The van der Waals surface area contributed by atoms with Crippen LogP contribution in [0.5, 0.6) is 0 Å². The van der Waals surface area contributed by atoms with Crippen molar-refractivity contribution in [2.24, 2.45) is 5.41 Å². The van der Waals surface area contributed by atoms with Gasteiger partial charge in [-0.2, -0.15) is 0 Å². The van der Waals surface area contributed by atoms with Gasteiger partial charge in [-0.1, -0.05) is 13.8 Å². The molecule has 3 nitrogen and oxygen atoms in total. The number of hydrogen-bond donors (Lipinski definition) is 1. The number of carbonyl (C=O) groups excluding carboxylic acids is 1. The lowest BCUT2D eigenvalue weighted by Gasteiger charge is -2.35. The van der Waals surface area contributed by atoms with Gasteiger partial charge in [-0.3, -0.25) is 4.79 Å². The van der Waals surface area contributed by atoms with E-state index in [0.29, 0.717) is 0 Å². The van der Waals surface area contributed by atoms with Crippen LogP contribution in [0.4, 0.5) is 0 Å². The van der Waals surface area contributed by atoms with Crippen LogP contribution in [0.25, 0.3) is 6.08 Å². The second kappa shape index (κ2) is 5.17. The van der Waals surface area contributed by atoms with E-state index in [1.54, 1.807) is 30.7 Å². The Hall–Kier alpha value is -1.61. The first-order valence-electron chi connectivity index (χ1n) is 6.56. The Morgan fingerprint density at radius 1 is 1.53 bits per heavy atom. The molecule has 0 saturated heterocycles. The highest BCUT2D eigenvalue weighted by Gasteiger charge is 2.35. The van der Waals surface area contributed by atoms with Crippen LogP contribution in [-0.2, 0) is 4.79 Å². The topological polar surface area (TPSA) is 50.4 Å². The Morgan fingerprint density at radius 3 is 2.89 bits per heavy atom. The number of hydrogen-bond acceptors (Lipinski definition) is 3. The van der Waals surface area contributed by atoms with Crippen LogP contribution in [0.2, 0.25) is 0 Å². The van der Waals surface area contributed by atoms with Gasteiger partial charge in [0.05, 0.1) is 18.6 Å². The molecule has 0 aliphatic heterocycles. The molecule has 19 heavy (non-hydrogen) atoms. The number of carbonyl (C=O) groups is 1. The predicted molar refractivity (Wildman–Crippen MR) is 74.5 cm³/mol. The molecule has 3 heteroatoms. The van der Waals surface area contributed by atoms with Gasteiger partial charge in [-0.25, -0.2) is 0 Å². The molecule has 1 aliphatic carbocycles. The maximum Gasteiger partial charge on any atom is 0.182 e. The van der Waals surface area contributed by atoms with Crippen LogP contribution in [-0.4, -0.2) is 17.0 Å². The van der Waals surface area contributed by atoms with Gasteiger partial charge in [0.15, 0.2) is 5.78 Å². The fourth-order valence-corrected chi connectivity index (χ4v) is 2.69. The Morgan fingerprint density at radius 2 is 2.26 bits per heavy atom. The van der Waals surface area contributed by atoms with E-state index in [-0.39, 0.29) is 11.2 Å². The fraction of sp³-hybridized carbons (Fsp3) is 0.438. The van der Waals surface area contributed by atoms with Crippen molar-refractivity contribution in [3.63, 3.8) is 0 Å². The first kappa shape index (κ1) is 13.8. The monoisotopic (exact) mass is 260 g/mol. The Labute approximate surface area is 113 Å². The Kier molecular flexibility index (Phi) is 3.76. The fourth-order valence-electron chi connectivity index (χ4n) is 2.69. The van der Waals surface area contributed by atoms with E-state index >= 15 is 0 Å². The van der Waals surface area contributed by atoms with Crippen molar-refractivity contribution >= 4 is 11.9 Å². The number of furan rings is 1. The van der Waals surface area contributed by atoms with Crippen molar-refractivity contribution < 1.29 is 14.3 Å².